The maximum Gasteiger partial charge on any atom is 0.184 e. The van der Waals surface area contributed by atoms with E-state index in [1.54, 1.807) is 0 Å². The van der Waals surface area contributed by atoms with Crippen LogP contribution in [0.4, 0.5) is 0 Å². The van der Waals surface area contributed by atoms with Crippen molar-refractivity contribution in [2.45, 2.75) is 13.0 Å². The molecule has 1 atom stereocenters. The van der Waals surface area contributed by atoms with Crippen molar-refractivity contribution in [2.75, 3.05) is 6.61 Å². The summed E-state index contributed by atoms with van der Waals surface area (Å²) >= 11 is 4.67. The summed E-state index contributed by atoms with van der Waals surface area (Å²) in [5, 5.41) is 4.14. The lowest BCUT2D eigenvalue weighted by Gasteiger charge is -2.26. The third-order valence-corrected chi connectivity index (χ3v) is 2.41. The van der Waals surface area contributed by atoms with Crippen LogP contribution in [0.25, 0.3) is 0 Å². The molecule has 2 rings (SSSR count). The molecule has 5 nitrogen and oxygen atoms in total. The third kappa shape index (κ3) is 2.85. The Morgan fingerprint density at radius 3 is 2.88 bits per heavy atom. The van der Waals surface area contributed by atoms with Crippen LogP contribution in [0.15, 0.2) is 29.4 Å². The lowest BCUT2D eigenvalue weighted by molar-refractivity contribution is 0.134. The fourth-order valence-corrected chi connectivity index (χ4v) is 1.49. The number of nitrogens with one attached hydrogen (secondary N) is 1. The fraction of sp³-hybridized carbons (Fsp3) is 0.273. The van der Waals surface area contributed by atoms with Crippen LogP contribution >= 0.6 is 12.2 Å². The van der Waals surface area contributed by atoms with Crippen molar-refractivity contribution < 1.29 is 9.47 Å². The highest BCUT2D eigenvalue weighted by molar-refractivity contribution is 7.80. The molecule has 0 fully saturated rings. The van der Waals surface area contributed by atoms with E-state index >= 15 is 0 Å². The maximum atomic E-state index is 5.75. The number of rotatable bonds is 2. The zero-order chi connectivity index (χ0) is 12.3. The third-order valence-electron chi connectivity index (χ3n) is 2.32. The van der Waals surface area contributed by atoms with Crippen LogP contribution in [0, 0.1) is 0 Å². The van der Waals surface area contributed by atoms with Gasteiger partial charge < -0.3 is 15.2 Å². The molecule has 6 heteroatoms. The minimum Gasteiger partial charge on any atom is -0.485 e. The Morgan fingerprint density at radius 2 is 2.18 bits per heavy atom. The second kappa shape index (κ2) is 5.01. The Bertz CT molecular complexity index is 462. The molecule has 1 aliphatic heterocycles. The molecular formula is C11H13N3O2S. The standard InChI is InChI=1S/C11H13N3O2S/c1-7(13-14-11(12)17)10-6-15-8-4-2-3-5-9(8)16-10/h2-5,10H,6H2,1H3,(H3,12,14,17)/b13-7+. The average Bonchev–Trinajstić information content (AvgIpc) is 2.35. The first-order valence-corrected chi connectivity index (χ1v) is 5.56. The molecule has 0 spiro atoms. The molecular weight excluding hydrogens is 238 g/mol. The van der Waals surface area contributed by atoms with Crippen LogP contribution in [-0.4, -0.2) is 23.5 Å². The number of hydrogen-bond donors (Lipinski definition) is 2. The van der Waals surface area contributed by atoms with Crippen molar-refractivity contribution in [1.82, 2.24) is 5.43 Å². The van der Waals surface area contributed by atoms with Crippen molar-refractivity contribution in [1.29, 1.82) is 0 Å². The predicted octanol–water partition coefficient (Wildman–Crippen LogP) is 1.04. The molecule has 0 aliphatic carbocycles. The Labute approximate surface area is 105 Å². The number of fused-ring (bicyclic) bond motifs is 1. The van der Waals surface area contributed by atoms with Gasteiger partial charge in [-0.1, -0.05) is 12.1 Å². The molecule has 0 radical (unpaired) electrons. The molecule has 0 saturated heterocycles. The zero-order valence-corrected chi connectivity index (χ0v) is 10.2. The van der Waals surface area contributed by atoms with E-state index in [4.69, 9.17) is 15.2 Å². The van der Waals surface area contributed by atoms with Crippen molar-refractivity contribution in [3.05, 3.63) is 24.3 Å². The zero-order valence-electron chi connectivity index (χ0n) is 9.34. The Morgan fingerprint density at radius 1 is 1.47 bits per heavy atom. The second-order valence-electron chi connectivity index (χ2n) is 3.59. The normalized spacial score (nSPS) is 18.6. The van der Waals surface area contributed by atoms with Gasteiger partial charge in [-0.15, -0.1) is 0 Å². The average molecular weight is 251 g/mol. The van der Waals surface area contributed by atoms with Gasteiger partial charge in [0.1, 0.15) is 6.61 Å². The summed E-state index contributed by atoms with van der Waals surface area (Å²) in [6.07, 6.45) is -0.230. The summed E-state index contributed by atoms with van der Waals surface area (Å²) < 4.78 is 11.3. The van der Waals surface area contributed by atoms with Crippen LogP contribution in [0.3, 0.4) is 0 Å². The molecule has 1 unspecified atom stereocenters. The summed E-state index contributed by atoms with van der Waals surface area (Å²) in [6.45, 7) is 2.25. The maximum absolute atomic E-state index is 5.75. The van der Waals surface area contributed by atoms with E-state index in [9.17, 15) is 0 Å². The van der Waals surface area contributed by atoms with Crippen LogP contribution in [0.2, 0.25) is 0 Å². The number of nitrogens with two attached hydrogens (primary N) is 1. The number of benzene rings is 1. The van der Waals surface area contributed by atoms with Crippen LogP contribution in [0.5, 0.6) is 11.5 Å². The van der Waals surface area contributed by atoms with Gasteiger partial charge in [0.25, 0.3) is 0 Å². The topological polar surface area (TPSA) is 68.9 Å². The summed E-state index contributed by atoms with van der Waals surface area (Å²) in [4.78, 5) is 0. The number of ether oxygens (including phenoxy) is 2. The van der Waals surface area contributed by atoms with E-state index in [1.165, 1.54) is 0 Å². The highest BCUT2D eigenvalue weighted by Gasteiger charge is 2.22. The van der Waals surface area contributed by atoms with Gasteiger partial charge in [0, 0.05) is 0 Å². The Kier molecular flexibility index (Phi) is 3.43. The van der Waals surface area contributed by atoms with Crippen molar-refractivity contribution in [2.24, 2.45) is 10.8 Å². The van der Waals surface area contributed by atoms with Crippen LogP contribution in [0.1, 0.15) is 6.92 Å². The highest BCUT2D eigenvalue weighted by atomic mass is 32.1. The minimum atomic E-state index is -0.230. The van der Waals surface area contributed by atoms with E-state index in [0.29, 0.717) is 12.4 Å². The van der Waals surface area contributed by atoms with E-state index in [2.05, 4.69) is 22.7 Å². The molecule has 1 aromatic carbocycles. The van der Waals surface area contributed by atoms with Crippen molar-refractivity contribution >= 4 is 23.0 Å². The van der Waals surface area contributed by atoms with Gasteiger partial charge in [-0.25, -0.2) is 0 Å². The Balaban J connectivity index is 2.07. The monoisotopic (exact) mass is 251 g/mol. The van der Waals surface area contributed by atoms with Gasteiger partial charge in [0.2, 0.25) is 0 Å². The largest absolute Gasteiger partial charge is 0.485 e. The highest BCUT2D eigenvalue weighted by Crippen LogP contribution is 2.30. The number of hydrogen-bond acceptors (Lipinski definition) is 4. The Hall–Kier alpha value is -1.82. The fourth-order valence-electron chi connectivity index (χ4n) is 1.44. The molecule has 0 saturated carbocycles. The van der Waals surface area contributed by atoms with Gasteiger partial charge in [0.05, 0.1) is 5.71 Å². The summed E-state index contributed by atoms with van der Waals surface area (Å²) in [5.74, 6) is 1.47. The molecule has 90 valence electrons. The van der Waals surface area contributed by atoms with Gasteiger partial charge in [-0.3, -0.25) is 5.43 Å². The van der Waals surface area contributed by atoms with Gasteiger partial charge in [-0.05, 0) is 31.3 Å². The van der Waals surface area contributed by atoms with E-state index in [0.717, 1.165) is 11.5 Å². The SMILES string of the molecule is C/C(=N\NC(N)=S)C1COc2ccccc2O1. The van der Waals surface area contributed by atoms with Gasteiger partial charge in [0.15, 0.2) is 22.7 Å². The van der Waals surface area contributed by atoms with E-state index in [1.807, 2.05) is 31.2 Å². The number of para-hydroxylation sites is 2. The van der Waals surface area contributed by atoms with Crippen LogP contribution < -0.4 is 20.6 Å². The lowest BCUT2D eigenvalue weighted by Crippen LogP contribution is -2.37. The molecule has 0 bridgehead atoms. The molecule has 1 aromatic rings. The van der Waals surface area contributed by atoms with Crippen molar-refractivity contribution in [3.63, 3.8) is 0 Å². The molecule has 0 aromatic heterocycles. The molecule has 3 N–H and O–H groups in total. The summed E-state index contributed by atoms with van der Waals surface area (Å²) in [7, 11) is 0. The number of hydrazone groups is 1. The predicted molar refractivity (Wildman–Crippen MR) is 69.4 cm³/mol. The molecule has 17 heavy (non-hydrogen) atoms. The number of thiocarbonyl (C=S) groups is 1. The first-order valence-electron chi connectivity index (χ1n) is 5.15. The molecule has 0 amide bonds. The minimum absolute atomic E-state index is 0.126. The van der Waals surface area contributed by atoms with Crippen molar-refractivity contribution in [3.8, 4) is 11.5 Å². The molecule has 1 heterocycles. The first kappa shape index (κ1) is 11.7. The summed E-state index contributed by atoms with van der Waals surface area (Å²) in [5.41, 5.74) is 8.55. The number of nitrogens with zero attached hydrogens (tertiary/aromatic N) is 1. The van der Waals surface area contributed by atoms with Gasteiger partial charge in [-0.2, -0.15) is 5.10 Å². The first-order chi connectivity index (χ1) is 8.16. The lowest BCUT2D eigenvalue weighted by atomic mass is 10.2. The van der Waals surface area contributed by atoms with Crippen LogP contribution in [-0.2, 0) is 0 Å². The molecule has 1 aliphatic rings. The quantitative estimate of drug-likeness (QED) is 0.467. The van der Waals surface area contributed by atoms with Gasteiger partial charge >= 0.3 is 0 Å². The second-order valence-corrected chi connectivity index (χ2v) is 4.03. The smallest absolute Gasteiger partial charge is 0.184 e. The summed E-state index contributed by atoms with van der Waals surface area (Å²) in [6, 6.07) is 7.52. The van der Waals surface area contributed by atoms with E-state index in [-0.39, 0.29) is 11.2 Å². The van der Waals surface area contributed by atoms with E-state index < -0.39 is 0 Å².